The van der Waals surface area contributed by atoms with Crippen LogP contribution in [-0.4, -0.2) is 5.97 Å². The minimum Gasteiger partial charge on any atom is -0.461 e. The van der Waals surface area contributed by atoms with Crippen LogP contribution in [0.5, 0.6) is 0 Å². The molecule has 0 fully saturated rings. The Labute approximate surface area is 133 Å². The van der Waals surface area contributed by atoms with Gasteiger partial charge in [0.25, 0.3) is 0 Å². The van der Waals surface area contributed by atoms with Crippen LogP contribution in [-0.2, 0) is 16.1 Å². The Morgan fingerprint density at radius 1 is 0.864 bits per heavy atom. The molecule has 0 aliphatic rings. The summed E-state index contributed by atoms with van der Waals surface area (Å²) in [6, 6.07) is 18.4. The number of esters is 1. The standard InChI is InChI=1S/C20H24O2/c1-2-3-4-8-11-20(21)22-16-17-12-14-19(15-13-17)18-9-6-5-7-10-18/h5-7,9-10,12-15H,2-4,8,11,16H2,1H3. The van der Waals surface area contributed by atoms with Gasteiger partial charge in [0, 0.05) is 6.42 Å². The Kier molecular flexibility index (Phi) is 6.69. The third kappa shape index (κ3) is 5.36. The highest BCUT2D eigenvalue weighted by molar-refractivity contribution is 5.69. The summed E-state index contributed by atoms with van der Waals surface area (Å²) in [5.74, 6) is -0.0942. The number of carbonyl (C=O) groups is 1. The monoisotopic (exact) mass is 296 g/mol. The molecule has 0 radical (unpaired) electrons. The normalized spacial score (nSPS) is 10.4. The Bertz CT molecular complexity index is 558. The molecule has 2 aromatic rings. The smallest absolute Gasteiger partial charge is 0.306 e. The van der Waals surface area contributed by atoms with Crippen molar-refractivity contribution in [2.45, 2.75) is 45.6 Å². The molecule has 0 aliphatic heterocycles. The van der Waals surface area contributed by atoms with Gasteiger partial charge < -0.3 is 4.74 Å². The number of hydrogen-bond acceptors (Lipinski definition) is 2. The Balaban J connectivity index is 1.78. The maximum absolute atomic E-state index is 11.6. The van der Waals surface area contributed by atoms with Crippen molar-refractivity contribution in [1.29, 1.82) is 0 Å². The highest BCUT2D eigenvalue weighted by Gasteiger charge is 2.03. The predicted molar refractivity (Wildman–Crippen MR) is 90.4 cm³/mol. The first-order valence-electron chi connectivity index (χ1n) is 8.09. The first-order valence-corrected chi connectivity index (χ1v) is 8.09. The molecule has 0 N–H and O–H groups in total. The third-order valence-electron chi connectivity index (χ3n) is 3.70. The van der Waals surface area contributed by atoms with Crippen molar-refractivity contribution >= 4 is 5.97 Å². The van der Waals surface area contributed by atoms with E-state index in [-0.39, 0.29) is 5.97 Å². The number of rotatable bonds is 8. The maximum atomic E-state index is 11.6. The largest absolute Gasteiger partial charge is 0.461 e. The molecule has 0 bridgehead atoms. The number of ether oxygens (including phenoxy) is 1. The van der Waals surface area contributed by atoms with E-state index in [1.807, 2.05) is 30.3 Å². The van der Waals surface area contributed by atoms with Crippen molar-refractivity contribution in [3.8, 4) is 11.1 Å². The van der Waals surface area contributed by atoms with Crippen molar-refractivity contribution in [3.05, 3.63) is 60.2 Å². The molecule has 0 amide bonds. The minimum atomic E-state index is -0.0942. The van der Waals surface area contributed by atoms with Crippen molar-refractivity contribution in [3.63, 3.8) is 0 Å². The fourth-order valence-electron chi connectivity index (χ4n) is 2.36. The zero-order valence-electron chi connectivity index (χ0n) is 13.3. The summed E-state index contributed by atoms with van der Waals surface area (Å²) in [6.07, 6.45) is 4.94. The molecule has 0 heterocycles. The Morgan fingerprint density at radius 3 is 2.23 bits per heavy atom. The first-order chi connectivity index (χ1) is 10.8. The summed E-state index contributed by atoms with van der Waals surface area (Å²) in [5, 5.41) is 0. The summed E-state index contributed by atoms with van der Waals surface area (Å²) in [4.78, 5) is 11.6. The molecular formula is C20H24O2. The summed E-state index contributed by atoms with van der Waals surface area (Å²) < 4.78 is 5.31. The van der Waals surface area contributed by atoms with E-state index in [2.05, 4.69) is 31.2 Å². The number of hydrogen-bond donors (Lipinski definition) is 0. The van der Waals surface area contributed by atoms with Gasteiger partial charge in [0.1, 0.15) is 6.61 Å². The van der Waals surface area contributed by atoms with E-state index in [1.165, 1.54) is 24.0 Å². The van der Waals surface area contributed by atoms with Gasteiger partial charge in [-0.3, -0.25) is 4.79 Å². The van der Waals surface area contributed by atoms with Gasteiger partial charge in [0.2, 0.25) is 0 Å². The molecule has 0 spiro atoms. The number of benzene rings is 2. The van der Waals surface area contributed by atoms with Crippen LogP contribution in [0.4, 0.5) is 0 Å². The van der Waals surface area contributed by atoms with Crippen LogP contribution in [0, 0.1) is 0 Å². The Hall–Kier alpha value is -2.09. The van der Waals surface area contributed by atoms with Crippen molar-refractivity contribution in [2.75, 3.05) is 0 Å². The van der Waals surface area contributed by atoms with E-state index in [0.29, 0.717) is 13.0 Å². The van der Waals surface area contributed by atoms with E-state index in [9.17, 15) is 4.79 Å². The molecule has 2 nitrogen and oxygen atoms in total. The fourth-order valence-corrected chi connectivity index (χ4v) is 2.36. The van der Waals surface area contributed by atoms with Gasteiger partial charge in [-0.1, -0.05) is 80.8 Å². The minimum absolute atomic E-state index is 0.0942. The van der Waals surface area contributed by atoms with Crippen molar-refractivity contribution in [1.82, 2.24) is 0 Å². The maximum Gasteiger partial charge on any atom is 0.306 e. The molecule has 0 saturated carbocycles. The SMILES string of the molecule is CCCCCCC(=O)OCc1ccc(-c2ccccc2)cc1. The lowest BCUT2D eigenvalue weighted by Gasteiger charge is -2.06. The molecule has 0 saturated heterocycles. The first kappa shape index (κ1) is 16.3. The van der Waals surface area contributed by atoms with Crippen LogP contribution < -0.4 is 0 Å². The number of carbonyl (C=O) groups excluding carboxylic acids is 1. The average Bonchev–Trinajstić information content (AvgIpc) is 2.58. The van der Waals surface area contributed by atoms with Gasteiger partial charge >= 0.3 is 5.97 Å². The number of unbranched alkanes of at least 4 members (excludes halogenated alkanes) is 3. The molecule has 2 rings (SSSR count). The average molecular weight is 296 g/mol. The third-order valence-corrected chi connectivity index (χ3v) is 3.70. The van der Waals surface area contributed by atoms with Gasteiger partial charge in [-0.25, -0.2) is 0 Å². The predicted octanol–water partition coefficient (Wildman–Crippen LogP) is 5.37. The lowest BCUT2D eigenvalue weighted by atomic mass is 10.0. The van der Waals surface area contributed by atoms with E-state index < -0.39 is 0 Å². The van der Waals surface area contributed by atoms with Gasteiger partial charge in [-0.2, -0.15) is 0 Å². The van der Waals surface area contributed by atoms with Crippen molar-refractivity contribution in [2.24, 2.45) is 0 Å². The van der Waals surface area contributed by atoms with E-state index in [4.69, 9.17) is 4.74 Å². The highest BCUT2D eigenvalue weighted by atomic mass is 16.5. The summed E-state index contributed by atoms with van der Waals surface area (Å²) in [5.41, 5.74) is 3.40. The molecular weight excluding hydrogens is 272 g/mol. The Morgan fingerprint density at radius 2 is 1.55 bits per heavy atom. The van der Waals surface area contributed by atoms with Crippen LogP contribution in [0.25, 0.3) is 11.1 Å². The fraction of sp³-hybridized carbons (Fsp3) is 0.350. The molecule has 116 valence electrons. The lowest BCUT2D eigenvalue weighted by molar-refractivity contribution is -0.145. The second-order valence-corrected chi connectivity index (χ2v) is 5.53. The van der Waals surface area contributed by atoms with Crippen LogP contribution in [0.3, 0.4) is 0 Å². The summed E-state index contributed by atoms with van der Waals surface area (Å²) >= 11 is 0. The van der Waals surface area contributed by atoms with E-state index in [0.717, 1.165) is 18.4 Å². The van der Waals surface area contributed by atoms with Gasteiger partial charge in [0.05, 0.1) is 0 Å². The second kappa shape index (κ2) is 9.04. The van der Waals surface area contributed by atoms with E-state index >= 15 is 0 Å². The highest BCUT2D eigenvalue weighted by Crippen LogP contribution is 2.19. The van der Waals surface area contributed by atoms with Crippen LogP contribution in [0.1, 0.15) is 44.6 Å². The lowest BCUT2D eigenvalue weighted by Crippen LogP contribution is -2.04. The topological polar surface area (TPSA) is 26.3 Å². The van der Waals surface area contributed by atoms with Crippen LogP contribution in [0.2, 0.25) is 0 Å². The quantitative estimate of drug-likeness (QED) is 0.483. The molecule has 0 aromatic heterocycles. The second-order valence-electron chi connectivity index (χ2n) is 5.53. The molecule has 22 heavy (non-hydrogen) atoms. The summed E-state index contributed by atoms with van der Waals surface area (Å²) in [6.45, 7) is 2.53. The molecule has 0 aliphatic carbocycles. The molecule has 0 atom stereocenters. The summed E-state index contributed by atoms with van der Waals surface area (Å²) in [7, 11) is 0. The van der Waals surface area contributed by atoms with Crippen molar-refractivity contribution < 1.29 is 9.53 Å². The van der Waals surface area contributed by atoms with E-state index in [1.54, 1.807) is 0 Å². The zero-order chi connectivity index (χ0) is 15.6. The molecule has 2 aromatic carbocycles. The van der Waals surface area contributed by atoms with Crippen LogP contribution in [0.15, 0.2) is 54.6 Å². The zero-order valence-corrected chi connectivity index (χ0v) is 13.3. The van der Waals surface area contributed by atoms with Gasteiger partial charge in [-0.15, -0.1) is 0 Å². The van der Waals surface area contributed by atoms with Crippen LogP contribution >= 0.6 is 0 Å². The van der Waals surface area contributed by atoms with Gasteiger partial charge in [0.15, 0.2) is 0 Å². The van der Waals surface area contributed by atoms with Gasteiger partial charge in [-0.05, 0) is 23.1 Å². The molecule has 0 unspecified atom stereocenters. The molecule has 2 heteroatoms.